The van der Waals surface area contributed by atoms with Crippen LogP contribution in [0.3, 0.4) is 0 Å². The average molecular weight is 151 g/mol. The highest BCUT2D eigenvalue weighted by atomic mass is 35.5. The molecule has 0 aliphatic rings. The first-order chi connectivity index (χ1) is 4.16. The fraction of sp³-hybridized carbons (Fsp3) is 0.714. The van der Waals surface area contributed by atoms with Gasteiger partial charge in [0.1, 0.15) is 6.67 Å². The molecule has 0 N–H and O–H groups in total. The maximum absolute atomic E-state index is 11.6. The van der Waals surface area contributed by atoms with E-state index < -0.39 is 0 Å². The Balaban J connectivity index is 3.49. The van der Waals surface area contributed by atoms with E-state index in [2.05, 4.69) is 0 Å². The van der Waals surface area contributed by atoms with Gasteiger partial charge < -0.3 is 0 Å². The topological polar surface area (TPSA) is 0 Å². The standard InChI is InChI=1S/C7H12ClF/c1-6(3-4-9)5-7(2)8/h3,7H,4-5H2,1-2H3. The molecule has 0 fully saturated rings. The number of hydrogen-bond acceptors (Lipinski definition) is 0. The molecule has 0 aromatic heterocycles. The Hall–Kier alpha value is -0.0400. The molecule has 0 aliphatic carbocycles. The summed E-state index contributed by atoms with van der Waals surface area (Å²) in [5.74, 6) is 0. The molecule has 0 aromatic rings. The Morgan fingerprint density at radius 3 is 2.67 bits per heavy atom. The Labute approximate surface area is 60.7 Å². The second kappa shape index (κ2) is 4.80. The molecule has 0 radical (unpaired) electrons. The highest BCUT2D eigenvalue weighted by Crippen LogP contribution is 2.08. The molecule has 9 heavy (non-hydrogen) atoms. The maximum atomic E-state index is 11.6. The van der Waals surface area contributed by atoms with Gasteiger partial charge in [0, 0.05) is 5.38 Å². The van der Waals surface area contributed by atoms with Gasteiger partial charge in [-0.1, -0.05) is 11.6 Å². The van der Waals surface area contributed by atoms with E-state index in [9.17, 15) is 4.39 Å². The number of hydrogen-bond donors (Lipinski definition) is 0. The Morgan fingerprint density at radius 1 is 1.78 bits per heavy atom. The van der Waals surface area contributed by atoms with E-state index in [1.165, 1.54) is 0 Å². The lowest BCUT2D eigenvalue weighted by molar-refractivity contribution is 0.558. The Bertz CT molecular complexity index is 97.1. The van der Waals surface area contributed by atoms with E-state index >= 15 is 0 Å². The van der Waals surface area contributed by atoms with Crippen LogP contribution in [0.15, 0.2) is 11.6 Å². The molecule has 2 heteroatoms. The van der Waals surface area contributed by atoms with Crippen LogP contribution < -0.4 is 0 Å². The van der Waals surface area contributed by atoms with Crippen molar-refractivity contribution in [3.05, 3.63) is 11.6 Å². The predicted octanol–water partition coefficient (Wildman–Crippen LogP) is 2.92. The van der Waals surface area contributed by atoms with Crippen LogP contribution in [0.25, 0.3) is 0 Å². The van der Waals surface area contributed by atoms with Gasteiger partial charge in [0.15, 0.2) is 0 Å². The lowest BCUT2D eigenvalue weighted by Gasteiger charge is -2.00. The molecule has 0 saturated heterocycles. The minimum Gasteiger partial charge on any atom is -0.247 e. The van der Waals surface area contributed by atoms with E-state index in [-0.39, 0.29) is 12.1 Å². The van der Waals surface area contributed by atoms with E-state index in [1.54, 1.807) is 6.08 Å². The van der Waals surface area contributed by atoms with E-state index in [0.717, 1.165) is 12.0 Å². The summed E-state index contributed by atoms with van der Waals surface area (Å²) in [6, 6.07) is 0. The zero-order valence-corrected chi connectivity index (χ0v) is 6.58. The summed E-state index contributed by atoms with van der Waals surface area (Å²) in [6.45, 7) is 3.41. The van der Waals surface area contributed by atoms with Crippen molar-refractivity contribution in [1.82, 2.24) is 0 Å². The molecule has 54 valence electrons. The molecule has 1 unspecified atom stereocenters. The first kappa shape index (κ1) is 8.96. The molecule has 0 heterocycles. The quantitative estimate of drug-likeness (QED) is 0.429. The summed E-state index contributed by atoms with van der Waals surface area (Å²) in [5.41, 5.74) is 1.03. The summed E-state index contributed by atoms with van der Waals surface area (Å²) in [6.07, 6.45) is 2.34. The average Bonchev–Trinajstić information content (AvgIpc) is 1.63. The maximum Gasteiger partial charge on any atom is 0.108 e. The first-order valence-corrected chi connectivity index (χ1v) is 3.46. The van der Waals surface area contributed by atoms with Crippen molar-refractivity contribution in [3.63, 3.8) is 0 Å². The fourth-order valence-electron chi connectivity index (χ4n) is 0.659. The molecule has 0 aromatic carbocycles. The molecule has 0 rings (SSSR count). The van der Waals surface area contributed by atoms with Crippen molar-refractivity contribution in [2.45, 2.75) is 25.6 Å². The highest BCUT2D eigenvalue weighted by Gasteiger charge is 1.95. The van der Waals surface area contributed by atoms with Crippen molar-refractivity contribution in [2.24, 2.45) is 0 Å². The van der Waals surface area contributed by atoms with Gasteiger partial charge in [-0.15, -0.1) is 11.6 Å². The van der Waals surface area contributed by atoms with Gasteiger partial charge in [0.25, 0.3) is 0 Å². The molecule has 0 nitrogen and oxygen atoms in total. The van der Waals surface area contributed by atoms with Crippen molar-refractivity contribution in [3.8, 4) is 0 Å². The highest BCUT2D eigenvalue weighted by molar-refractivity contribution is 6.20. The summed E-state index contributed by atoms with van der Waals surface area (Å²) in [7, 11) is 0. The van der Waals surface area contributed by atoms with Crippen LogP contribution >= 0.6 is 11.6 Å². The summed E-state index contributed by atoms with van der Waals surface area (Å²) < 4.78 is 11.6. The van der Waals surface area contributed by atoms with Crippen molar-refractivity contribution < 1.29 is 4.39 Å². The van der Waals surface area contributed by atoms with Crippen LogP contribution in [-0.4, -0.2) is 12.1 Å². The van der Waals surface area contributed by atoms with E-state index in [1.807, 2.05) is 13.8 Å². The molecule has 1 atom stereocenters. The van der Waals surface area contributed by atoms with Gasteiger partial charge in [-0.25, -0.2) is 4.39 Å². The normalized spacial score (nSPS) is 15.8. The van der Waals surface area contributed by atoms with Gasteiger partial charge in [-0.05, 0) is 20.3 Å². The van der Waals surface area contributed by atoms with Crippen molar-refractivity contribution in [1.29, 1.82) is 0 Å². The number of alkyl halides is 2. The van der Waals surface area contributed by atoms with Gasteiger partial charge in [0.05, 0.1) is 0 Å². The molecule has 0 aliphatic heterocycles. The molecule has 0 saturated carbocycles. The third-order valence-electron chi connectivity index (χ3n) is 1.03. The minimum absolute atomic E-state index is 0.118. The third kappa shape index (κ3) is 5.84. The second-order valence-corrected chi connectivity index (χ2v) is 2.93. The van der Waals surface area contributed by atoms with Crippen molar-refractivity contribution in [2.75, 3.05) is 6.67 Å². The first-order valence-electron chi connectivity index (χ1n) is 3.02. The Kier molecular flexibility index (Phi) is 4.78. The van der Waals surface area contributed by atoms with Gasteiger partial charge in [-0.2, -0.15) is 0 Å². The van der Waals surface area contributed by atoms with Crippen LogP contribution in [0.4, 0.5) is 4.39 Å². The van der Waals surface area contributed by atoms with Crippen LogP contribution in [0, 0.1) is 0 Å². The van der Waals surface area contributed by atoms with Crippen LogP contribution in [-0.2, 0) is 0 Å². The van der Waals surface area contributed by atoms with E-state index in [0.29, 0.717) is 0 Å². The lowest BCUT2D eigenvalue weighted by Crippen LogP contribution is -1.91. The van der Waals surface area contributed by atoms with Crippen LogP contribution in [0.2, 0.25) is 0 Å². The lowest BCUT2D eigenvalue weighted by atomic mass is 10.2. The third-order valence-corrected chi connectivity index (χ3v) is 1.18. The van der Waals surface area contributed by atoms with Crippen LogP contribution in [0.5, 0.6) is 0 Å². The molecular weight excluding hydrogens is 139 g/mol. The SMILES string of the molecule is CC(=CCF)CC(C)Cl. The smallest absolute Gasteiger partial charge is 0.108 e. The molecule has 0 bridgehead atoms. The summed E-state index contributed by atoms with van der Waals surface area (Å²) in [5, 5.41) is 0.118. The van der Waals surface area contributed by atoms with Gasteiger partial charge >= 0.3 is 0 Å². The summed E-state index contributed by atoms with van der Waals surface area (Å²) >= 11 is 5.65. The van der Waals surface area contributed by atoms with Gasteiger partial charge in [-0.3, -0.25) is 0 Å². The molecule has 0 spiro atoms. The monoisotopic (exact) mass is 150 g/mol. The fourth-order valence-corrected chi connectivity index (χ4v) is 0.902. The Morgan fingerprint density at radius 2 is 2.33 bits per heavy atom. The zero-order valence-electron chi connectivity index (χ0n) is 5.82. The summed E-state index contributed by atoms with van der Waals surface area (Å²) in [4.78, 5) is 0. The van der Waals surface area contributed by atoms with Crippen molar-refractivity contribution >= 4 is 11.6 Å². The predicted molar refractivity (Wildman–Crippen MR) is 39.7 cm³/mol. The van der Waals surface area contributed by atoms with E-state index in [4.69, 9.17) is 11.6 Å². The largest absolute Gasteiger partial charge is 0.247 e. The minimum atomic E-state index is -0.380. The number of rotatable bonds is 3. The van der Waals surface area contributed by atoms with Crippen LogP contribution in [0.1, 0.15) is 20.3 Å². The molecular formula is C7H12ClF. The number of allylic oxidation sites excluding steroid dienone is 2. The second-order valence-electron chi connectivity index (χ2n) is 2.19. The molecule has 0 amide bonds. The zero-order chi connectivity index (χ0) is 7.28. The van der Waals surface area contributed by atoms with Gasteiger partial charge in [0.2, 0.25) is 0 Å². The number of halogens is 2.